The lowest BCUT2D eigenvalue weighted by atomic mass is 10.1. The summed E-state index contributed by atoms with van der Waals surface area (Å²) in [5.74, 6) is -1.28. The summed E-state index contributed by atoms with van der Waals surface area (Å²) in [4.78, 5) is 38.4. The SMILES string of the molecule is COC(=O)c1ccc(C)c(NC(=O)C2CC(=O)N(c3ccccc3Br)C2)c1. The fourth-order valence-electron chi connectivity index (χ4n) is 3.02. The summed E-state index contributed by atoms with van der Waals surface area (Å²) < 4.78 is 5.52. The minimum absolute atomic E-state index is 0.0953. The lowest BCUT2D eigenvalue weighted by Gasteiger charge is -2.18. The fourth-order valence-corrected chi connectivity index (χ4v) is 3.52. The molecule has 1 aliphatic heterocycles. The summed E-state index contributed by atoms with van der Waals surface area (Å²) in [6.45, 7) is 2.15. The van der Waals surface area contributed by atoms with Gasteiger partial charge in [-0.1, -0.05) is 18.2 Å². The monoisotopic (exact) mass is 430 g/mol. The molecule has 1 atom stereocenters. The number of methoxy groups -OCH3 is 1. The Morgan fingerprint density at radius 1 is 1.22 bits per heavy atom. The molecule has 1 N–H and O–H groups in total. The predicted octanol–water partition coefficient (Wildman–Crippen LogP) is 3.54. The molecule has 1 unspecified atom stereocenters. The van der Waals surface area contributed by atoms with Gasteiger partial charge in [0.15, 0.2) is 0 Å². The Hall–Kier alpha value is -2.67. The van der Waals surface area contributed by atoms with Crippen molar-refractivity contribution < 1.29 is 19.1 Å². The van der Waals surface area contributed by atoms with Crippen LogP contribution in [0.25, 0.3) is 0 Å². The fraction of sp³-hybridized carbons (Fsp3) is 0.250. The van der Waals surface area contributed by atoms with E-state index in [-0.39, 0.29) is 18.2 Å². The van der Waals surface area contributed by atoms with Crippen molar-refractivity contribution in [2.45, 2.75) is 13.3 Å². The Balaban J connectivity index is 1.75. The first-order valence-electron chi connectivity index (χ1n) is 8.45. The highest BCUT2D eigenvalue weighted by Gasteiger charge is 2.36. The second-order valence-corrected chi connectivity index (χ2v) is 7.22. The van der Waals surface area contributed by atoms with E-state index in [9.17, 15) is 14.4 Å². The second-order valence-electron chi connectivity index (χ2n) is 6.37. The first kappa shape index (κ1) is 19.1. The van der Waals surface area contributed by atoms with Gasteiger partial charge in [0.2, 0.25) is 11.8 Å². The molecule has 0 saturated carbocycles. The molecule has 0 spiro atoms. The Bertz CT molecular complexity index is 913. The highest BCUT2D eigenvalue weighted by molar-refractivity contribution is 9.10. The van der Waals surface area contributed by atoms with Crippen molar-refractivity contribution in [3.63, 3.8) is 0 Å². The van der Waals surface area contributed by atoms with Crippen LogP contribution in [0.4, 0.5) is 11.4 Å². The molecule has 1 saturated heterocycles. The first-order chi connectivity index (χ1) is 12.9. The lowest BCUT2D eigenvalue weighted by Crippen LogP contribution is -2.28. The van der Waals surface area contributed by atoms with Crippen molar-refractivity contribution >= 4 is 45.1 Å². The van der Waals surface area contributed by atoms with Gasteiger partial charge in [0.05, 0.1) is 24.3 Å². The highest BCUT2D eigenvalue weighted by atomic mass is 79.9. The van der Waals surface area contributed by atoms with Crippen LogP contribution in [0.2, 0.25) is 0 Å². The van der Waals surface area contributed by atoms with Crippen LogP contribution in [-0.4, -0.2) is 31.4 Å². The van der Waals surface area contributed by atoms with Crippen molar-refractivity contribution in [3.05, 3.63) is 58.1 Å². The number of carbonyl (C=O) groups excluding carboxylic acids is 3. The van der Waals surface area contributed by atoms with E-state index < -0.39 is 11.9 Å². The van der Waals surface area contributed by atoms with Crippen LogP contribution in [0.15, 0.2) is 46.9 Å². The molecule has 0 aromatic heterocycles. The van der Waals surface area contributed by atoms with Crippen molar-refractivity contribution in [1.29, 1.82) is 0 Å². The zero-order valence-corrected chi connectivity index (χ0v) is 16.6. The highest BCUT2D eigenvalue weighted by Crippen LogP contribution is 2.32. The van der Waals surface area contributed by atoms with Crippen LogP contribution in [0.1, 0.15) is 22.3 Å². The molecular formula is C20H19BrN2O4. The molecule has 3 rings (SSSR count). The zero-order valence-electron chi connectivity index (χ0n) is 15.0. The van der Waals surface area contributed by atoms with E-state index in [1.54, 1.807) is 23.1 Å². The molecule has 1 aliphatic rings. The number of aryl methyl sites for hydroxylation is 1. The van der Waals surface area contributed by atoms with E-state index in [1.807, 2.05) is 31.2 Å². The second kappa shape index (κ2) is 7.92. The number of rotatable bonds is 4. The Morgan fingerprint density at radius 3 is 2.67 bits per heavy atom. The average Bonchev–Trinajstić information content (AvgIpc) is 3.05. The number of esters is 1. The molecule has 0 aliphatic carbocycles. The van der Waals surface area contributed by atoms with Crippen LogP contribution < -0.4 is 10.2 Å². The molecular weight excluding hydrogens is 412 g/mol. The number of hydrogen-bond donors (Lipinski definition) is 1. The summed E-state index contributed by atoms with van der Waals surface area (Å²) in [6, 6.07) is 12.4. The number of anilines is 2. The number of para-hydroxylation sites is 1. The maximum absolute atomic E-state index is 12.7. The van der Waals surface area contributed by atoms with Gasteiger partial charge in [-0.15, -0.1) is 0 Å². The smallest absolute Gasteiger partial charge is 0.337 e. The summed E-state index contributed by atoms with van der Waals surface area (Å²) in [7, 11) is 1.31. The molecule has 0 bridgehead atoms. The maximum Gasteiger partial charge on any atom is 0.337 e. The van der Waals surface area contributed by atoms with Crippen LogP contribution in [0.3, 0.4) is 0 Å². The Morgan fingerprint density at radius 2 is 1.96 bits per heavy atom. The van der Waals surface area contributed by atoms with Crippen molar-refractivity contribution in [1.82, 2.24) is 0 Å². The van der Waals surface area contributed by atoms with E-state index >= 15 is 0 Å². The quantitative estimate of drug-likeness (QED) is 0.752. The molecule has 2 aromatic carbocycles. The van der Waals surface area contributed by atoms with Crippen molar-refractivity contribution in [3.8, 4) is 0 Å². The molecule has 2 amide bonds. The van der Waals surface area contributed by atoms with Gasteiger partial charge in [-0.05, 0) is 52.7 Å². The minimum atomic E-state index is -0.471. The number of benzene rings is 2. The number of nitrogens with one attached hydrogen (secondary N) is 1. The molecule has 2 aromatic rings. The third-order valence-corrected chi connectivity index (χ3v) is 5.23. The van der Waals surface area contributed by atoms with E-state index in [1.165, 1.54) is 7.11 Å². The lowest BCUT2D eigenvalue weighted by molar-refractivity contribution is -0.122. The minimum Gasteiger partial charge on any atom is -0.465 e. The number of halogens is 1. The molecule has 140 valence electrons. The normalized spacial score (nSPS) is 16.3. The van der Waals surface area contributed by atoms with Gasteiger partial charge in [-0.2, -0.15) is 0 Å². The maximum atomic E-state index is 12.7. The third-order valence-electron chi connectivity index (χ3n) is 4.56. The van der Waals surface area contributed by atoms with Gasteiger partial charge in [0.25, 0.3) is 0 Å². The Labute approximate surface area is 165 Å². The van der Waals surface area contributed by atoms with Gasteiger partial charge in [0, 0.05) is 23.1 Å². The number of amides is 2. The molecule has 1 heterocycles. The van der Waals surface area contributed by atoms with Gasteiger partial charge in [-0.3, -0.25) is 9.59 Å². The summed E-state index contributed by atoms with van der Waals surface area (Å²) in [6.07, 6.45) is 0.142. The summed E-state index contributed by atoms with van der Waals surface area (Å²) in [5.41, 5.74) is 2.47. The van der Waals surface area contributed by atoms with Crippen LogP contribution in [0, 0.1) is 12.8 Å². The third kappa shape index (κ3) is 4.03. The van der Waals surface area contributed by atoms with E-state index in [0.29, 0.717) is 17.8 Å². The predicted molar refractivity (Wildman–Crippen MR) is 106 cm³/mol. The summed E-state index contributed by atoms with van der Waals surface area (Å²) in [5, 5.41) is 2.84. The molecule has 1 fully saturated rings. The number of hydrogen-bond acceptors (Lipinski definition) is 4. The molecule has 6 nitrogen and oxygen atoms in total. The topological polar surface area (TPSA) is 75.7 Å². The van der Waals surface area contributed by atoms with Gasteiger partial charge in [-0.25, -0.2) is 4.79 Å². The molecule has 7 heteroatoms. The zero-order chi connectivity index (χ0) is 19.6. The number of carbonyl (C=O) groups is 3. The van der Waals surface area contributed by atoms with Gasteiger partial charge in [0.1, 0.15) is 0 Å². The van der Waals surface area contributed by atoms with E-state index in [2.05, 4.69) is 21.2 Å². The molecule has 0 radical (unpaired) electrons. The van der Waals surface area contributed by atoms with Gasteiger partial charge >= 0.3 is 5.97 Å². The van der Waals surface area contributed by atoms with E-state index in [0.717, 1.165) is 15.7 Å². The standard InChI is InChI=1S/C20H19BrN2O4/c1-12-7-8-13(20(26)27-2)9-16(12)22-19(25)14-10-18(24)23(11-14)17-6-4-3-5-15(17)21/h3-9,14H,10-11H2,1-2H3,(H,22,25). The molecule has 27 heavy (non-hydrogen) atoms. The van der Waals surface area contributed by atoms with Crippen molar-refractivity contribution in [2.75, 3.05) is 23.9 Å². The number of nitrogens with zero attached hydrogens (tertiary/aromatic N) is 1. The van der Waals surface area contributed by atoms with Crippen LogP contribution in [0.5, 0.6) is 0 Å². The van der Waals surface area contributed by atoms with Crippen LogP contribution in [-0.2, 0) is 14.3 Å². The first-order valence-corrected chi connectivity index (χ1v) is 9.24. The largest absolute Gasteiger partial charge is 0.465 e. The van der Waals surface area contributed by atoms with Gasteiger partial charge < -0.3 is 15.0 Å². The van der Waals surface area contributed by atoms with Crippen molar-refractivity contribution in [2.24, 2.45) is 5.92 Å². The van der Waals surface area contributed by atoms with Crippen LogP contribution >= 0.6 is 15.9 Å². The van der Waals surface area contributed by atoms with E-state index in [4.69, 9.17) is 4.74 Å². The number of ether oxygens (including phenoxy) is 1. The average molecular weight is 431 g/mol. The Kier molecular flexibility index (Phi) is 5.60. The summed E-state index contributed by atoms with van der Waals surface area (Å²) >= 11 is 3.44.